The predicted molar refractivity (Wildman–Crippen MR) is 59.3 cm³/mol. The van der Waals surface area contributed by atoms with Crippen molar-refractivity contribution in [2.75, 3.05) is 18.0 Å². The van der Waals surface area contributed by atoms with Gasteiger partial charge in [0.2, 0.25) is 0 Å². The Bertz CT molecular complexity index is 308. The van der Waals surface area contributed by atoms with E-state index in [1.165, 1.54) is 11.3 Å². The lowest BCUT2D eigenvalue weighted by atomic mass is 10.2. The van der Waals surface area contributed by atoms with Crippen molar-refractivity contribution >= 4 is 5.69 Å². The highest BCUT2D eigenvalue weighted by molar-refractivity contribution is 5.47. The highest BCUT2D eigenvalue weighted by atomic mass is 15.1. The molecule has 0 saturated heterocycles. The Morgan fingerprint density at radius 3 is 2.43 bits per heavy atom. The Labute approximate surface area is 85.8 Å². The van der Waals surface area contributed by atoms with Gasteiger partial charge in [-0.15, -0.1) is 0 Å². The van der Waals surface area contributed by atoms with E-state index in [-0.39, 0.29) is 0 Å². The molecule has 0 bridgehead atoms. The van der Waals surface area contributed by atoms with Crippen LogP contribution in [-0.4, -0.2) is 13.1 Å². The van der Waals surface area contributed by atoms with Crippen LogP contribution < -0.4 is 4.90 Å². The quantitative estimate of drug-likeness (QED) is 0.726. The van der Waals surface area contributed by atoms with Crippen LogP contribution in [0.2, 0.25) is 0 Å². The number of benzene rings is 1. The first-order valence-electron chi connectivity index (χ1n) is 4.96. The number of anilines is 1. The second-order valence-electron chi connectivity index (χ2n) is 3.32. The standard InChI is InChI=1S/C12H16N2/c1-3-14(10-4-9-13)12-7-5-11(2)6-8-12/h5-8H,3-4,10H2,1-2H3. The molecule has 0 saturated carbocycles. The molecule has 0 unspecified atom stereocenters. The number of hydrogen-bond acceptors (Lipinski definition) is 2. The van der Waals surface area contributed by atoms with E-state index < -0.39 is 0 Å². The van der Waals surface area contributed by atoms with Crippen molar-refractivity contribution < 1.29 is 0 Å². The predicted octanol–water partition coefficient (Wildman–Crippen LogP) is 2.74. The number of rotatable bonds is 4. The summed E-state index contributed by atoms with van der Waals surface area (Å²) in [6.07, 6.45) is 0.585. The fourth-order valence-corrected chi connectivity index (χ4v) is 1.41. The largest absolute Gasteiger partial charge is 0.371 e. The summed E-state index contributed by atoms with van der Waals surface area (Å²) in [5.74, 6) is 0. The van der Waals surface area contributed by atoms with Crippen molar-refractivity contribution in [1.82, 2.24) is 0 Å². The first kappa shape index (κ1) is 10.6. The normalized spacial score (nSPS) is 9.50. The second kappa shape index (κ2) is 5.29. The van der Waals surface area contributed by atoms with Crippen molar-refractivity contribution in [2.24, 2.45) is 0 Å². The van der Waals surface area contributed by atoms with Crippen LogP contribution in [0.3, 0.4) is 0 Å². The van der Waals surface area contributed by atoms with E-state index in [0.717, 1.165) is 13.1 Å². The molecule has 0 fully saturated rings. The van der Waals surface area contributed by atoms with Gasteiger partial charge < -0.3 is 4.90 Å². The zero-order chi connectivity index (χ0) is 10.4. The van der Waals surface area contributed by atoms with E-state index in [9.17, 15) is 0 Å². The number of nitriles is 1. The molecule has 1 rings (SSSR count). The number of nitrogens with zero attached hydrogens (tertiary/aromatic N) is 2. The third kappa shape index (κ3) is 2.77. The maximum absolute atomic E-state index is 8.53. The minimum absolute atomic E-state index is 0.585. The Morgan fingerprint density at radius 1 is 1.29 bits per heavy atom. The zero-order valence-corrected chi connectivity index (χ0v) is 8.83. The van der Waals surface area contributed by atoms with E-state index in [1.54, 1.807) is 0 Å². The number of aryl methyl sites for hydroxylation is 1. The summed E-state index contributed by atoms with van der Waals surface area (Å²) in [6, 6.07) is 10.6. The molecule has 2 heteroatoms. The van der Waals surface area contributed by atoms with Crippen molar-refractivity contribution in [2.45, 2.75) is 20.3 Å². The molecule has 0 aliphatic rings. The summed E-state index contributed by atoms with van der Waals surface area (Å²) >= 11 is 0. The summed E-state index contributed by atoms with van der Waals surface area (Å²) in [6.45, 7) is 5.95. The average Bonchev–Trinajstić information content (AvgIpc) is 2.21. The topological polar surface area (TPSA) is 27.0 Å². The third-order valence-electron chi connectivity index (χ3n) is 2.27. The van der Waals surface area contributed by atoms with E-state index in [0.29, 0.717) is 6.42 Å². The lowest BCUT2D eigenvalue weighted by Gasteiger charge is -2.21. The van der Waals surface area contributed by atoms with Crippen LogP contribution in [0.15, 0.2) is 24.3 Å². The van der Waals surface area contributed by atoms with Gasteiger partial charge in [0.25, 0.3) is 0 Å². The molecule has 0 aliphatic heterocycles. The molecule has 0 aromatic heterocycles. The molecule has 0 radical (unpaired) electrons. The monoisotopic (exact) mass is 188 g/mol. The Kier molecular flexibility index (Phi) is 4.00. The van der Waals surface area contributed by atoms with E-state index in [1.807, 2.05) is 0 Å². The van der Waals surface area contributed by atoms with Crippen molar-refractivity contribution in [1.29, 1.82) is 5.26 Å². The summed E-state index contributed by atoms with van der Waals surface area (Å²) in [7, 11) is 0. The molecule has 1 aromatic rings. The molecule has 0 N–H and O–H groups in total. The van der Waals surface area contributed by atoms with Gasteiger partial charge in [-0.3, -0.25) is 0 Å². The Morgan fingerprint density at radius 2 is 1.93 bits per heavy atom. The molecule has 0 spiro atoms. The van der Waals surface area contributed by atoms with Crippen LogP contribution in [-0.2, 0) is 0 Å². The van der Waals surface area contributed by atoms with Gasteiger partial charge in [-0.05, 0) is 26.0 Å². The van der Waals surface area contributed by atoms with Gasteiger partial charge in [0.05, 0.1) is 12.5 Å². The molecular weight excluding hydrogens is 172 g/mol. The van der Waals surface area contributed by atoms with E-state index in [2.05, 4.69) is 49.1 Å². The lowest BCUT2D eigenvalue weighted by Crippen LogP contribution is -2.23. The van der Waals surface area contributed by atoms with Gasteiger partial charge in [-0.25, -0.2) is 0 Å². The van der Waals surface area contributed by atoms with Gasteiger partial charge in [0.15, 0.2) is 0 Å². The second-order valence-corrected chi connectivity index (χ2v) is 3.32. The van der Waals surface area contributed by atoms with Gasteiger partial charge in [-0.2, -0.15) is 5.26 Å². The molecule has 0 amide bonds. The van der Waals surface area contributed by atoms with Gasteiger partial charge in [-0.1, -0.05) is 17.7 Å². The number of hydrogen-bond donors (Lipinski definition) is 0. The molecular formula is C12H16N2. The fraction of sp³-hybridized carbons (Fsp3) is 0.417. The van der Waals surface area contributed by atoms with Crippen LogP contribution in [0.4, 0.5) is 5.69 Å². The molecule has 2 nitrogen and oxygen atoms in total. The summed E-state index contributed by atoms with van der Waals surface area (Å²) in [5, 5.41) is 8.53. The van der Waals surface area contributed by atoms with Crippen molar-refractivity contribution in [3.05, 3.63) is 29.8 Å². The van der Waals surface area contributed by atoms with E-state index >= 15 is 0 Å². The van der Waals surface area contributed by atoms with Crippen LogP contribution in [0, 0.1) is 18.3 Å². The smallest absolute Gasteiger partial charge is 0.0640 e. The molecule has 0 atom stereocenters. The third-order valence-corrected chi connectivity index (χ3v) is 2.27. The molecule has 0 aliphatic carbocycles. The summed E-state index contributed by atoms with van der Waals surface area (Å²) < 4.78 is 0. The van der Waals surface area contributed by atoms with Crippen LogP contribution in [0.1, 0.15) is 18.9 Å². The van der Waals surface area contributed by atoms with Crippen LogP contribution in [0.25, 0.3) is 0 Å². The maximum Gasteiger partial charge on any atom is 0.0640 e. The SMILES string of the molecule is CCN(CCC#N)c1ccc(C)cc1. The zero-order valence-electron chi connectivity index (χ0n) is 8.83. The fourth-order valence-electron chi connectivity index (χ4n) is 1.41. The first-order valence-corrected chi connectivity index (χ1v) is 4.96. The molecule has 0 heterocycles. The molecule has 74 valence electrons. The minimum Gasteiger partial charge on any atom is -0.371 e. The molecule has 14 heavy (non-hydrogen) atoms. The highest BCUT2D eigenvalue weighted by Crippen LogP contribution is 2.14. The summed E-state index contributed by atoms with van der Waals surface area (Å²) in [4.78, 5) is 2.21. The highest BCUT2D eigenvalue weighted by Gasteiger charge is 2.02. The first-order chi connectivity index (χ1) is 6.77. The summed E-state index contributed by atoms with van der Waals surface area (Å²) in [5.41, 5.74) is 2.47. The average molecular weight is 188 g/mol. The Balaban J connectivity index is 2.69. The van der Waals surface area contributed by atoms with Crippen LogP contribution >= 0.6 is 0 Å². The van der Waals surface area contributed by atoms with Gasteiger partial charge in [0.1, 0.15) is 0 Å². The van der Waals surface area contributed by atoms with Crippen LogP contribution in [0.5, 0.6) is 0 Å². The van der Waals surface area contributed by atoms with E-state index in [4.69, 9.17) is 5.26 Å². The Hall–Kier alpha value is -1.49. The minimum atomic E-state index is 0.585. The van der Waals surface area contributed by atoms with Gasteiger partial charge >= 0.3 is 0 Å². The van der Waals surface area contributed by atoms with Crippen molar-refractivity contribution in [3.8, 4) is 6.07 Å². The van der Waals surface area contributed by atoms with Gasteiger partial charge in [0, 0.05) is 18.8 Å². The lowest BCUT2D eigenvalue weighted by molar-refractivity contribution is 0.827. The van der Waals surface area contributed by atoms with Crippen molar-refractivity contribution in [3.63, 3.8) is 0 Å². The maximum atomic E-state index is 8.53. The molecule has 1 aromatic carbocycles.